The molecule has 0 saturated heterocycles. The molecule has 2 rings (SSSR count). The highest BCUT2D eigenvalue weighted by Gasteiger charge is 2.12. The fraction of sp³-hybridized carbons (Fsp3) is 0.214. The number of aliphatic hydroxyl groups excluding tert-OH is 1. The summed E-state index contributed by atoms with van der Waals surface area (Å²) in [5, 5.41) is 10.1. The molecular weight excluding hydrogens is 297 g/mol. The van der Waals surface area contributed by atoms with Gasteiger partial charge in [0.05, 0.1) is 11.8 Å². The highest BCUT2D eigenvalue weighted by Crippen LogP contribution is 2.23. The molecule has 1 aromatic heterocycles. The molecule has 2 aromatic rings. The molecule has 4 heteroatoms. The molecule has 0 spiro atoms. The van der Waals surface area contributed by atoms with Crippen LogP contribution in [0.2, 0.25) is 0 Å². The zero-order chi connectivity index (χ0) is 13.1. The van der Waals surface area contributed by atoms with Crippen LogP contribution in [-0.4, -0.2) is 10.1 Å². The molecule has 1 atom stereocenters. The van der Waals surface area contributed by atoms with Crippen LogP contribution in [0.5, 0.6) is 0 Å². The molecule has 1 heterocycles. The smallest absolute Gasteiger partial charge is 0.123 e. The van der Waals surface area contributed by atoms with E-state index >= 15 is 0 Å². The van der Waals surface area contributed by atoms with E-state index in [-0.39, 0.29) is 5.82 Å². The van der Waals surface area contributed by atoms with Crippen molar-refractivity contribution in [2.45, 2.75) is 19.4 Å². The van der Waals surface area contributed by atoms with Gasteiger partial charge in [0.1, 0.15) is 5.82 Å². The van der Waals surface area contributed by atoms with Crippen LogP contribution in [0.1, 0.15) is 22.9 Å². The minimum atomic E-state index is -0.733. The summed E-state index contributed by atoms with van der Waals surface area (Å²) in [6.07, 6.45) is 1.30. The first-order valence-corrected chi connectivity index (χ1v) is 6.40. The molecule has 1 unspecified atom stereocenters. The van der Waals surface area contributed by atoms with E-state index in [4.69, 9.17) is 0 Å². The molecule has 0 aliphatic carbocycles. The lowest BCUT2D eigenvalue weighted by Crippen LogP contribution is -2.05. The highest BCUT2D eigenvalue weighted by molar-refractivity contribution is 9.10. The summed E-state index contributed by atoms with van der Waals surface area (Å²) in [4.78, 5) is 4.17. The molecule has 18 heavy (non-hydrogen) atoms. The number of halogens is 2. The van der Waals surface area contributed by atoms with Gasteiger partial charge in [-0.05, 0) is 42.3 Å². The molecule has 0 saturated carbocycles. The van der Waals surface area contributed by atoms with Crippen molar-refractivity contribution in [3.05, 3.63) is 63.6 Å². The summed E-state index contributed by atoms with van der Waals surface area (Å²) < 4.78 is 13.9. The number of aromatic nitrogens is 1. The van der Waals surface area contributed by atoms with Gasteiger partial charge in [-0.3, -0.25) is 4.98 Å². The first-order chi connectivity index (χ1) is 8.56. The van der Waals surface area contributed by atoms with Gasteiger partial charge < -0.3 is 5.11 Å². The van der Waals surface area contributed by atoms with Gasteiger partial charge in [-0.2, -0.15) is 0 Å². The van der Waals surface area contributed by atoms with E-state index in [1.54, 1.807) is 18.3 Å². The normalized spacial score (nSPS) is 12.4. The second-order valence-electron chi connectivity index (χ2n) is 4.22. The summed E-state index contributed by atoms with van der Waals surface area (Å²) in [6.45, 7) is 1.94. The summed E-state index contributed by atoms with van der Waals surface area (Å²) in [5.74, 6) is -0.308. The Bertz CT molecular complexity index is 542. The molecule has 0 aliphatic rings. The van der Waals surface area contributed by atoms with Crippen molar-refractivity contribution < 1.29 is 9.50 Å². The van der Waals surface area contributed by atoms with Crippen molar-refractivity contribution >= 4 is 15.9 Å². The topological polar surface area (TPSA) is 33.1 Å². The van der Waals surface area contributed by atoms with Crippen molar-refractivity contribution in [3.63, 3.8) is 0 Å². The third-order valence-corrected chi connectivity index (χ3v) is 3.47. The zero-order valence-electron chi connectivity index (χ0n) is 9.90. The molecule has 0 bridgehead atoms. The van der Waals surface area contributed by atoms with Gasteiger partial charge in [0.2, 0.25) is 0 Å². The Morgan fingerprint density at radius 2 is 2.11 bits per heavy atom. The van der Waals surface area contributed by atoms with Gasteiger partial charge in [0.25, 0.3) is 0 Å². The average Bonchev–Trinajstić information content (AvgIpc) is 2.34. The quantitative estimate of drug-likeness (QED) is 0.940. The lowest BCUT2D eigenvalue weighted by atomic mass is 10.0. The monoisotopic (exact) mass is 309 g/mol. The van der Waals surface area contributed by atoms with E-state index < -0.39 is 6.10 Å². The summed E-state index contributed by atoms with van der Waals surface area (Å²) in [6, 6.07) is 8.12. The van der Waals surface area contributed by atoms with Crippen molar-refractivity contribution in [1.29, 1.82) is 0 Å². The molecule has 2 nitrogen and oxygen atoms in total. The number of aryl methyl sites for hydroxylation is 1. The van der Waals surface area contributed by atoms with Crippen LogP contribution >= 0.6 is 15.9 Å². The van der Waals surface area contributed by atoms with Gasteiger partial charge in [0.15, 0.2) is 0 Å². The molecule has 0 radical (unpaired) electrons. The first-order valence-electron chi connectivity index (χ1n) is 5.61. The summed E-state index contributed by atoms with van der Waals surface area (Å²) >= 11 is 3.34. The van der Waals surface area contributed by atoms with E-state index in [0.29, 0.717) is 12.1 Å². The number of rotatable bonds is 3. The third-order valence-electron chi connectivity index (χ3n) is 2.70. The largest absolute Gasteiger partial charge is 0.386 e. The van der Waals surface area contributed by atoms with Crippen LogP contribution in [0.4, 0.5) is 4.39 Å². The Labute approximate surface area is 114 Å². The number of pyridine rings is 1. The Morgan fingerprint density at radius 3 is 2.78 bits per heavy atom. The Hall–Kier alpha value is -1.26. The SMILES string of the molecule is Cc1ccc(C(O)Cc2cc(F)ccc2Br)nc1. The fourth-order valence-electron chi connectivity index (χ4n) is 1.69. The maximum atomic E-state index is 13.1. The Kier molecular flexibility index (Phi) is 4.09. The van der Waals surface area contributed by atoms with Crippen LogP contribution < -0.4 is 0 Å². The number of aliphatic hydroxyl groups is 1. The lowest BCUT2D eigenvalue weighted by Gasteiger charge is -2.11. The second-order valence-corrected chi connectivity index (χ2v) is 5.07. The van der Waals surface area contributed by atoms with Crippen molar-refractivity contribution in [2.24, 2.45) is 0 Å². The maximum absolute atomic E-state index is 13.1. The van der Waals surface area contributed by atoms with Gasteiger partial charge in [0, 0.05) is 17.1 Å². The third kappa shape index (κ3) is 3.15. The predicted molar refractivity (Wildman–Crippen MR) is 71.7 cm³/mol. The van der Waals surface area contributed by atoms with Gasteiger partial charge >= 0.3 is 0 Å². The van der Waals surface area contributed by atoms with Gasteiger partial charge in [-0.15, -0.1) is 0 Å². The van der Waals surface area contributed by atoms with Crippen LogP contribution in [0, 0.1) is 12.7 Å². The molecule has 0 aliphatic heterocycles. The summed E-state index contributed by atoms with van der Waals surface area (Å²) in [7, 11) is 0. The van der Waals surface area contributed by atoms with E-state index in [0.717, 1.165) is 15.6 Å². The van der Waals surface area contributed by atoms with Crippen LogP contribution in [0.25, 0.3) is 0 Å². The van der Waals surface area contributed by atoms with E-state index in [2.05, 4.69) is 20.9 Å². The zero-order valence-corrected chi connectivity index (χ0v) is 11.5. The second kappa shape index (κ2) is 5.59. The molecule has 1 aromatic carbocycles. The van der Waals surface area contributed by atoms with E-state index in [1.165, 1.54) is 12.1 Å². The highest BCUT2D eigenvalue weighted by atomic mass is 79.9. The standard InChI is InChI=1S/C14H13BrFNO/c1-9-2-5-13(17-8-9)14(18)7-10-6-11(16)3-4-12(10)15/h2-6,8,14,18H,7H2,1H3. The maximum Gasteiger partial charge on any atom is 0.123 e. The molecule has 94 valence electrons. The number of benzene rings is 1. The van der Waals surface area contributed by atoms with Crippen molar-refractivity contribution in [2.75, 3.05) is 0 Å². The molecular formula is C14H13BrFNO. The minimum Gasteiger partial charge on any atom is -0.386 e. The minimum absolute atomic E-state index is 0.308. The first kappa shape index (κ1) is 13.2. The predicted octanol–water partition coefficient (Wildman–Crippen LogP) is 3.57. The Morgan fingerprint density at radius 1 is 1.33 bits per heavy atom. The van der Waals surface area contributed by atoms with Crippen molar-refractivity contribution in [3.8, 4) is 0 Å². The van der Waals surface area contributed by atoms with Crippen LogP contribution in [-0.2, 0) is 6.42 Å². The van der Waals surface area contributed by atoms with Crippen LogP contribution in [0.3, 0.4) is 0 Å². The van der Waals surface area contributed by atoms with Gasteiger partial charge in [-0.1, -0.05) is 22.0 Å². The van der Waals surface area contributed by atoms with E-state index in [9.17, 15) is 9.50 Å². The van der Waals surface area contributed by atoms with Crippen molar-refractivity contribution in [1.82, 2.24) is 4.98 Å². The average molecular weight is 310 g/mol. The molecule has 1 N–H and O–H groups in total. The lowest BCUT2D eigenvalue weighted by molar-refractivity contribution is 0.173. The van der Waals surface area contributed by atoms with Gasteiger partial charge in [-0.25, -0.2) is 4.39 Å². The Balaban J connectivity index is 2.18. The molecule has 0 amide bonds. The number of hydrogen-bond acceptors (Lipinski definition) is 2. The number of hydrogen-bond donors (Lipinski definition) is 1. The summed E-state index contributed by atoms with van der Waals surface area (Å²) in [5.41, 5.74) is 2.36. The molecule has 0 fully saturated rings. The fourth-order valence-corrected chi connectivity index (χ4v) is 2.10. The van der Waals surface area contributed by atoms with Crippen LogP contribution in [0.15, 0.2) is 41.0 Å². The van der Waals surface area contributed by atoms with E-state index in [1.807, 2.05) is 13.0 Å². The number of nitrogens with zero attached hydrogens (tertiary/aromatic N) is 1.